The first-order valence-corrected chi connectivity index (χ1v) is 14.3. The third-order valence-corrected chi connectivity index (χ3v) is 7.89. The SMILES string of the molecule is Cn1c(=O)c2c(nc(S(C)(=O)=O)n2C)n(CC#Cc2cc(CC(=O)C3CC3)cc(NC(=O)C3CC3)c2F)c1=O. The van der Waals surface area contributed by atoms with E-state index in [2.05, 4.69) is 22.1 Å². The molecule has 204 valence electrons. The molecule has 0 atom stereocenters. The zero-order chi connectivity index (χ0) is 28.2. The van der Waals surface area contributed by atoms with Crippen LogP contribution in [0.3, 0.4) is 0 Å². The lowest BCUT2D eigenvalue weighted by Crippen LogP contribution is -2.38. The molecule has 3 aromatic rings. The number of aryl methyl sites for hydroxylation is 1. The van der Waals surface area contributed by atoms with E-state index in [1.165, 1.54) is 26.2 Å². The molecule has 0 radical (unpaired) electrons. The van der Waals surface area contributed by atoms with Gasteiger partial charge in [-0.3, -0.25) is 23.5 Å². The lowest BCUT2D eigenvalue weighted by molar-refractivity contribution is -0.119. The van der Waals surface area contributed by atoms with Crippen LogP contribution in [0.2, 0.25) is 0 Å². The van der Waals surface area contributed by atoms with Crippen molar-refractivity contribution >= 4 is 38.4 Å². The second-order valence-corrected chi connectivity index (χ2v) is 12.0. The monoisotopic (exact) mass is 555 g/mol. The van der Waals surface area contributed by atoms with Gasteiger partial charge in [-0.1, -0.05) is 11.8 Å². The van der Waals surface area contributed by atoms with Crippen molar-refractivity contribution in [2.45, 2.75) is 43.8 Å². The number of benzene rings is 1. The van der Waals surface area contributed by atoms with Gasteiger partial charge in [-0.15, -0.1) is 0 Å². The maximum Gasteiger partial charge on any atom is 0.333 e. The number of nitrogens with zero attached hydrogens (tertiary/aromatic N) is 4. The van der Waals surface area contributed by atoms with Gasteiger partial charge in [0.05, 0.1) is 17.8 Å². The third kappa shape index (κ3) is 5.16. The van der Waals surface area contributed by atoms with E-state index in [4.69, 9.17) is 0 Å². The van der Waals surface area contributed by atoms with Crippen molar-refractivity contribution in [1.82, 2.24) is 18.7 Å². The predicted octanol–water partition coefficient (Wildman–Crippen LogP) is 0.898. The topological polar surface area (TPSA) is 142 Å². The van der Waals surface area contributed by atoms with Gasteiger partial charge in [-0.05, 0) is 43.4 Å². The molecule has 2 saturated carbocycles. The molecule has 0 bridgehead atoms. The summed E-state index contributed by atoms with van der Waals surface area (Å²) in [5.74, 6) is 4.18. The minimum Gasteiger partial charge on any atom is -0.323 e. The van der Waals surface area contributed by atoms with Gasteiger partial charge in [-0.25, -0.2) is 17.6 Å². The van der Waals surface area contributed by atoms with Crippen molar-refractivity contribution in [2.24, 2.45) is 25.9 Å². The standard InChI is InChI=1S/C26H26FN5O6S/c1-30-21-22(29-25(30)39(3,37)38)32(26(36)31(2)24(21)35)10-4-5-17-11-14(13-19(33)15-6-7-15)12-18(20(17)27)28-23(34)16-8-9-16/h11-12,15-16H,6-10,13H2,1-3H3,(H,28,34). The fraction of sp³-hybridized carbons (Fsp3) is 0.423. The van der Waals surface area contributed by atoms with Crippen LogP contribution in [0.15, 0.2) is 26.9 Å². The number of sulfone groups is 1. The fourth-order valence-electron chi connectivity index (χ4n) is 4.40. The molecule has 1 aromatic carbocycles. The van der Waals surface area contributed by atoms with Gasteiger partial charge >= 0.3 is 5.69 Å². The van der Waals surface area contributed by atoms with Crippen LogP contribution in [-0.2, 0) is 46.5 Å². The molecule has 2 heterocycles. The smallest absolute Gasteiger partial charge is 0.323 e. The molecule has 2 fully saturated rings. The van der Waals surface area contributed by atoms with E-state index in [0.29, 0.717) is 5.56 Å². The molecule has 2 aliphatic carbocycles. The maximum absolute atomic E-state index is 15.4. The van der Waals surface area contributed by atoms with Gasteiger partial charge in [0.15, 0.2) is 17.0 Å². The molecule has 11 nitrogen and oxygen atoms in total. The summed E-state index contributed by atoms with van der Waals surface area (Å²) in [5, 5.41) is 2.20. The molecule has 13 heteroatoms. The molecule has 2 aliphatic rings. The molecule has 0 unspecified atom stereocenters. The molecule has 0 saturated heterocycles. The Kier molecular flexibility index (Phi) is 6.54. The molecular formula is C26H26FN5O6S. The number of amides is 1. The highest BCUT2D eigenvalue weighted by atomic mass is 32.2. The fourth-order valence-corrected chi connectivity index (χ4v) is 5.24. The Morgan fingerprint density at radius 3 is 2.38 bits per heavy atom. The van der Waals surface area contributed by atoms with E-state index < -0.39 is 32.1 Å². The molecule has 1 N–H and O–H groups in total. The number of nitrogens with one attached hydrogen (secondary N) is 1. The number of ketones is 1. The van der Waals surface area contributed by atoms with E-state index in [9.17, 15) is 27.6 Å². The maximum atomic E-state index is 15.4. The third-order valence-electron chi connectivity index (χ3n) is 6.86. The van der Waals surface area contributed by atoms with Gasteiger partial charge < -0.3 is 9.88 Å². The number of anilines is 1. The van der Waals surface area contributed by atoms with Crippen LogP contribution in [-0.4, -0.2) is 45.0 Å². The Morgan fingerprint density at radius 2 is 1.77 bits per heavy atom. The Hall–Kier alpha value is -4.05. The summed E-state index contributed by atoms with van der Waals surface area (Å²) < 4.78 is 42.6. The van der Waals surface area contributed by atoms with Gasteiger partial charge in [0, 0.05) is 38.6 Å². The van der Waals surface area contributed by atoms with E-state index in [-0.39, 0.29) is 58.9 Å². The van der Waals surface area contributed by atoms with Crippen molar-refractivity contribution in [2.75, 3.05) is 11.6 Å². The van der Waals surface area contributed by atoms with Crippen molar-refractivity contribution in [1.29, 1.82) is 0 Å². The molecule has 0 spiro atoms. The number of fused-ring (bicyclic) bond motifs is 1. The highest BCUT2D eigenvalue weighted by Crippen LogP contribution is 2.33. The molecule has 5 rings (SSSR count). The largest absolute Gasteiger partial charge is 0.333 e. The minimum atomic E-state index is -3.82. The van der Waals surface area contributed by atoms with E-state index in [0.717, 1.165) is 45.6 Å². The number of halogens is 1. The molecule has 1 amide bonds. The number of rotatable bonds is 7. The average Bonchev–Trinajstić information content (AvgIpc) is 3.78. The molecular weight excluding hydrogens is 529 g/mol. The van der Waals surface area contributed by atoms with Crippen molar-refractivity contribution in [3.8, 4) is 11.8 Å². The van der Waals surface area contributed by atoms with Gasteiger partial charge in [0.1, 0.15) is 5.78 Å². The van der Waals surface area contributed by atoms with Crippen LogP contribution in [0.25, 0.3) is 11.2 Å². The van der Waals surface area contributed by atoms with Crippen molar-refractivity contribution in [3.63, 3.8) is 0 Å². The van der Waals surface area contributed by atoms with Crippen LogP contribution in [0.4, 0.5) is 10.1 Å². The summed E-state index contributed by atoms with van der Waals surface area (Å²) in [6.45, 7) is -0.335. The Balaban J connectivity index is 1.55. The molecule has 2 aromatic heterocycles. The number of imidazole rings is 1. The van der Waals surface area contributed by atoms with Crippen molar-refractivity contribution < 1.29 is 22.4 Å². The Morgan fingerprint density at radius 1 is 1.10 bits per heavy atom. The van der Waals surface area contributed by atoms with E-state index >= 15 is 4.39 Å². The summed E-state index contributed by atoms with van der Waals surface area (Å²) in [7, 11) is -1.21. The first-order valence-electron chi connectivity index (χ1n) is 12.4. The van der Waals surface area contributed by atoms with Crippen molar-refractivity contribution in [3.05, 3.63) is 49.9 Å². The Bertz CT molecular complexity index is 1850. The molecule has 39 heavy (non-hydrogen) atoms. The lowest BCUT2D eigenvalue weighted by atomic mass is 10.0. The average molecular weight is 556 g/mol. The second-order valence-electron chi connectivity index (χ2n) is 10.1. The number of Topliss-reactive ketones (excluding diaryl/α,β-unsaturated/α-hetero) is 1. The first-order chi connectivity index (χ1) is 18.4. The normalized spacial score (nSPS) is 15.2. The second kappa shape index (κ2) is 9.60. The summed E-state index contributed by atoms with van der Waals surface area (Å²) in [4.78, 5) is 54.3. The van der Waals surface area contributed by atoms with Crippen LogP contribution in [0.5, 0.6) is 0 Å². The minimum absolute atomic E-state index is 0.00306. The van der Waals surface area contributed by atoms with Gasteiger partial charge in [-0.2, -0.15) is 4.98 Å². The van der Waals surface area contributed by atoms with Gasteiger partial charge in [0.25, 0.3) is 5.56 Å². The highest BCUT2D eigenvalue weighted by Gasteiger charge is 2.31. The highest BCUT2D eigenvalue weighted by molar-refractivity contribution is 7.90. The Labute approximate surface area is 222 Å². The summed E-state index contributed by atoms with van der Waals surface area (Å²) in [6, 6.07) is 2.89. The van der Waals surface area contributed by atoms with Crippen LogP contribution >= 0.6 is 0 Å². The summed E-state index contributed by atoms with van der Waals surface area (Å²) >= 11 is 0. The van der Waals surface area contributed by atoms with Crippen LogP contribution in [0.1, 0.15) is 36.8 Å². The number of carbonyl (C=O) groups excluding carboxylic acids is 2. The zero-order valence-electron chi connectivity index (χ0n) is 21.6. The zero-order valence-corrected chi connectivity index (χ0v) is 22.4. The summed E-state index contributed by atoms with van der Waals surface area (Å²) in [6.07, 6.45) is 4.14. The van der Waals surface area contributed by atoms with E-state index in [1.54, 1.807) is 0 Å². The van der Waals surface area contributed by atoms with Crippen LogP contribution < -0.4 is 16.6 Å². The number of aromatic nitrogens is 4. The van der Waals surface area contributed by atoms with Crippen LogP contribution in [0, 0.1) is 29.5 Å². The quantitative estimate of drug-likeness (QED) is 0.427. The molecule has 0 aliphatic heterocycles. The number of carbonyl (C=O) groups is 2. The lowest BCUT2D eigenvalue weighted by Gasteiger charge is -2.10. The first kappa shape index (κ1) is 26.6. The number of hydrogen-bond donors (Lipinski definition) is 1. The van der Waals surface area contributed by atoms with E-state index in [1.807, 2.05) is 0 Å². The summed E-state index contributed by atoms with van der Waals surface area (Å²) in [5.41, 5.74) is -1.40. The predicted molar refractivity (Wildman–Crippen MR) is 139 cm³/mol. The number of hydrogen-bond acceptors (Lipinski definition) is 7. The van der Waals surface area contributed by atoms with Gasteiger partial charge in [0.2, 0.25) is 20.9 Å².